The molecule has 192 valence electrons. The highest BCUT2D eigenvalue weighted by atomic mass is 35.5. The number of carbonyl (C=O) groups excluding carboxylic acids is 4. The normalized spacial score (nSPS) is 10.5. The number of halogens is 1. The molecule has 0 saturated carbocycles. The molecule has 0 atom stereocenters. The minimum atomic E-state index is -0.833. The summed E-state index contributed by atoms with van der Waals surface area (Å²) in [5, 5.41) is 5.15. The molecule has 0 bridgehead atoms. The number of ether oxygens (including phenoxy) is 2. The van der Waals surface area contributed by atoms with E-state index in [1.807, 2.05) is 30.3 Å². The lowest BCUT2D eigenvalue weighted by atomic mass is 9.98. The Kier molecular flexibility index (Phi) is 8.68. The van der Waals surface area contributed by atoms with Crippen molar-refractivity contribution in [1.29, 1.82) is 0 Å². The van der Waals surface area contributed by atoms with Gasteiger partial charge in [-0.05, 0) is 42.8 Å². The van der Waals surface area contributed by atoms with E-state index in [1.54, 1.807) is 48.7 Å². The summed E-state index contributed by atoms with van der Waals surface area (Å²) < 4.78 is 10.4. The molecule has 1 aromatic heterocycles. The van der Waals surface area contributed by atoms with E-state index in [-0.39, 0.29) is 34.1 Å². The maximum atomic E-state index is 13.0. The minimum absolute atomic E-state index is 0.0231. The maximum Gasteiger partial charge on any atom is 0.341 e. The molecule has 0 saturated heterocycles. The molecule has 1 heterocycles. The number of ketones is 1. The summed E-state index contributed by atoms with van der Waals surface area (Å²) in [4.78, 5) is 51.2. The van der Waals surface area contributed by atoms with Crippen LogP contribution in [0.25, 0.3) is 11.1 Å². The monoisotopic (exact) mass is 547 g/mol. The first-order valence-corrected chi connectivity index (χ1v) is 12.8. The van der Waals surface area contributed by atoms with E-state index in [4.69, 9.17) is 21.1 Å². The first-order valence-electron chi connectivity index (χ1n) is 11.6. The molecular formula is C29H22ClNO6S. The van der Waals surface area contributed by atoms with Crippen molar-refractivity contribution in [1.82, 2.24) is 0 Å². The van der Waals surface area contributed by atoms with Crippen LogP contribution in [0.3, 0.4) is 0 Å². The van der Waals surface area contributed by atoms with Crippen LogP contribution in [0.15, 0.2) is 84.2 Å². The van der Waals surface area contributed by atoms with Crippen LogP contribution in [0.4, 0.5) is 5.00 Å². The SMILES string of the molecule is CCOC(=O)c1c(-c2ccccc2)csc1NC(=O)COC(=O)c1ccccc1C(=O)c1ccc(Cl)cc1. The molecule has 0 aliphatic carbocycles. The Morgan fingerprint density at radius 3 is 2.16 bits per heavy atom. The number of rotatable bonds is 9. The van der Waals surface area contributed by atoms with Crippen LogP contribution in [0.1, 0.15) is 43.6 Å². The fraction of sp³-hybridized carbons (Fsp3) is 0.103. The number of thiophene rings is 1. The van der Waals surface area contributed by atoms with Crippen LogP contribution in [0.5, 0.6) is 0 Å². The van der Waals surface area contributed by atoms with Gasteiger partial charge < -0.3 is 14.8 Å². The average molecular weight is 548 g/mol. The van der Waals surface area contributed by atoms with Gasteiger partial charge in [0, 0.05) is 27.1 Å². The first kappa shape index (κ1) is 26.8. The maximum absolute atomic E-state index is 13.0. The summed E-state index contributed by atoms with van der Waals surface area (Å²) in [5.74, 6) is -2.44. The van der Waals surface area contributed by atoms with Gasteiger partial charge in [0.05, 0.1) is 12.2 Å². The Balaban J connectivity index is 1.48. The van der Waals surface area contributed by atoms with E-state index in [2.05, 4.69) is 5.32 Å². The summed E-state index contributed by atoms with van der Waals surface area (Å²) in [6, 6.07) is 21.7. The first-order chi connectivity index (χ1) is 18.4. The molecule has 0 aliphatic heterocycles. The highest BCUT2D eigenvalue weighted by Gasteiger charge is 2.24. The van der Waals surface area contributed by atoms with E-state index in [1.165, 1.54) is 12.1 Å². The standard InChI is InChI=1S/C29H22ClNO6S/c1-2-36-29(35)25-23(18-8-4-3-5-9-18)17-38-27(25)31-24(32)16-37-28(34)22-11-7-6-10-21(22)26(33)19-12-14-20(30)15-13-19/h3-15,17H,2,16H2,1H3,(H,31,32). The van der Waals surface area contributed by atoms with Crippen molar-refractivity contribution in [3.8, 4) is 11.1 Å². The molecule has 4 aromatic rings. The Labute approximate surface area is 228 Å². The van der Waals surface area contributed by atoms with Gasteiger partial charge in [-0.2, -0.15) is 0 Å². The van der Waals surface area contributed by atoms with Gasteiger partial charge in [0.1, 0.15) is 10.6 Å². The third-order valence-electron chi connectivity index (χ3n) is 5.44. The van der Waals surface area contributed by atoms with Crippen molar-refractivity contribution in [2.75, 3.05) is 18.5 Å². The van der Waals surface area contributed by atoms with E-state index in [9.17, 15) is 19.2 Å². The second kappa shape index (κ2) is 12.3. The molecule has 0 aliphatic rings. The second-order valence-electron chi connectivity index (χ2n) is 7.95. The van der Waals surface area contributed by atoms with Gasteiger partial charge in [-0.15, -0.1) is 11.3 Å². The second-order valence-corrected chi connectivity index (χ2v) is 9.26. The molecule has 9 heteroatoms. The molecule has 7 nitrogen and oxygen atoms in total. The van der Waals surface area contributed by atoms with E-state index in [0.29, 0.717) is 16.1 Å². The molecule has 0 radical (unpaired) electrons. The van der Waals surface area contributed by atoms with E-state index in [0.717, 1.165) is 16.9 Å². The lowest BCUT2D eigenvalue weighted by Gasteiger charge is -2.11. The van der Waals surface area contributed by atoms with Crippen LogP contribution in [0, 0.1) is 0 Å². The summed E-state index contributed by atoms with van der Waals surface area (Å²) in [5.41, 5.74) is 2.15. The minimum Gasteiger partial charge on any atom is -0.462 e. The smallest absolute Gasteiger partial charge is 0.341 e. The van der Waals surface area contributed by atoms with Crippen LogP contribution >= 0.6 is 22.9 Å². The summed E-state index contributed by atoms with van der Waals surface area (Å²) in [7, 11) is 0. The zero-order valence-electron chi connectivity index (χ0n) is 20.2. The van der Waals surface area contributed by atoms with Gasteiger partial charge in [-0.25, -0.2) is 9.59 Å². The topological polar surface area (TPSA) is 98.8 Å². The number of carbonyl (C=O) groups is 4. The largest absolute Gasteiger partial charge is 0.462 e. The molecule has 0 unspecified atom stereocenters. The van der Waals surface area contributed by atoms with Gasteiger partial charge in [0.15, 0.2) is 12.4 Å². The predicted molar refractivity (Wildman–Crippen MR) is 146 cm³/mol. The third-order valence-corrected chi connectivity index (χ3v) is 6.59. The fourth-order valence-electron chi connectivity index (χ4n) is 3.67. The number of amides is 1. The Morgan fingerprint density at radius 1 is 0.816 bits per heavy atom. The highest BCUT2D eigenvalue weighted by Crippen LogP contribution is 2.36. The molecule has 1 amide bonds. The van der Waals surface area contributed by atoms with Gasteiger partial charge in [0.25, 0.3) is 5.91 Å². The van der Waals surface area contributed by atoms with Crippen molar-refractivity contribution >= 4 is 51.6 Å². The molecule has 0 spiro atoms. The van der Waals surface area contributed by atoms with Crippen LogP contribution in [-0.2, 0) is 14.3 Å². The van der Waals surface area contributed by atoms with Gasteiger partial charge in [-0.1, -0.05) is 60.1 Å². The van der Waals surface area contributed by atoms with Crippen molar-refractivity contribution in [2.45, 2.75) is 6.92 Å². The lowest BCUT2D eigenvalue weighted by Crippen LogP contribution is -2.22. The predicted octanol–water partition coefficient (Wildman–Crippen LogP) is 6.27. The Bertz CT molecular complexity index is 1480. The molecular weight excluding hydrogens is 526 g/mol. The number of nitrogens with one attached hydrogen (secondary N) is 1. The van der Waals surface area contributed by atoms with Gasteiger partial charge in [-0.3, -0.25) is 9.59 Å². The van der Waals surface area contributed by atoms with Crippen molar-refractivity contribution in [3.05, 3.63) is 112 Å². The Morgan fingerprint density at radius 2 is 1.47 bits per heavy atom. The quantitative estimate of drug-likeness (QED) is 0.196. The molecule has 38 heavy (non-hydrogen) atoms. The van der Waals surface area contributed by atoms with Crippen molar-refractivity contribution < 1.29 is 28.7 Å². The molecule has 3 aromatic carbocycles. The summed E-state index contributed by atoms with van der Waals surface area (Å²) in [6.45, 7) is 1.24. The lowest BCUT2D eigenvalue weighted by molar-refractivity contribution is -0.119. The highest BCUT2D eigenvalue weighted by molar-refractivity contribution is 7.15. The number of hydrogen-bond donors (Lipinski definition) is 1. The molecule has 4 rings (SSSR count). The van der Waals surface area contributed by atoms with E-state index >= 15 is 0 Å². The van der Waals surface area contributed by atoms with Gasteiger partial charge in [0.2, 0.25) is 0 Å². The molecule has 0 fully saturated rings. The Hall–Kier alpha value is -4.27. The molecule has 1 N–H and O–H groups in total. The van der Waals surface area contributed by atoms with E-state index < -0.39 is 24.5 Å². The van der Waals surface area contributed by atoms with Crippen molar-refractivity contribution in [2.24, 2.45) is 0 Å². The van der Waals surface area contributed by atoms with Crippen LogP contribution in [0.2, 0.25) is 5.02 Å². The fourth-order valence-corrected chi connectivity index (χ4v) is 4.77. The number of esters is 2. The summed E-state index contributed by atoms with van der Waals surface area (Å²) >= 11 is 7.06. The van der Waals surface area contributed by atoms with Crippen LogP contribution < -0.4 is 5.32 Å². The number of benzene rings is 3. The average Bonchev–Trinajstić information content (AvgIpc) is 3.36. The van der Waals surface area contributed by atoms with Crippen LogP contribution in [-0.4, -0.2) is 36.8 Å². The zero-order valence-corrected chi connectivity index (χ0v) is 21.8. The summed E-state index contributed by atoms with van der Waals surface area (Å²) in [6.07, 6.45) is 0. The zero-order chi connectivity index (χ0) is 27.1. The number of hydrogen-bond acceptors (Lipinski definition) is 7. The van der Waals surface area contributed by atoms with Gasteiger partial charge >= 0.3 is 11.9 Å². The third kappa shape index (κ3) is 6.16. The van der Waals surface area contributed by atoms with Crippen molar-refractivity contribution in [3.63, 3.8) is 0 Å². The number of anilines is 1.